The Hall–Kier alpha value is -3.85. The van der Waals surface area contributed by atoms with E-state index < -0.39 is 0 Å². The average Bonchev–Trinajstić information content (AvgIpc) is 3.38. The van der Waals surface area contributed by atoms with E-state index in [1.54, 1.807) is 0 Å². The topological polar surface area (TPSA) is 39.1 Å². The Balaban J connectivity index is 1.38. The highest BCUT2D eigenvalue weighted by molar-refractivity contribution is 6.15. The van der Waals surface area contributed by atoms with Crippen molar-refractivity contribution < 1.29 is 0 Å². The highest BCUT2D eigenvalue weighted by Crippen LogP contribution is 2.38. The van der Waals surface area contributed by atoms with Crippen LogP contribution in [0.25, 0.3) is 45.8 Å². The number of rotatable bonds is 2. The first-order valence-electron chi connectivity index (χ1n) is 9.78. The monoisotopic (exact) mass is 373 g/mol. The van der Waals surface area contributed by atoms with Crippen LogP contribution in [0, 0.1) is 5.41 Å². The number of guanidine groups is 1. The van der Waals surface area contributed by atoms with Crippen LogP contribution in [0.5, 0.6) is 0 Å². The molecule has 0 aliphatic heterocycles. The SMILES string of the molecule is CN(C(=N)Nc1ccc2cccc3c2c1C=C3)c1ccc2cccc3c2c1C=C3. The Labute approximate surface area is 169 Å². The molecule has 2 aliphatic carbocycles. The summed E-state index contributed by atoms with van der Waals surface area (Å²) < 4.78 is 0. The van der Waals surface area contributed by atoms with Crippen LogP contribution < -0.4 is 10.2 Å². The molecule has 0 saturated carbocycles. The first kappa shape index (κ1) is 16.1. The molecule has 4 aromatic carbocycles. The fourth-order valence-corrected chi connectivity index (χ4v) is 4.56. The largest absolute Gasteiger partial charge is 0.326 e. The van der Waals surface area contributed by atoms with Gasteiger partial charge >= 0.3 is 0 Å². The molecule has 0 radical (unpaired) electrons. The van der Waals surface area contributed by atoms with Crippen molar-refractivity contribution in [1.29, 1.82) is 5.41 Å². The molecule has 0 aromatic heterocycles. The quantitative estimate of drug-likeness (QED) is 0.271. The van der Waals surface area contributed by atoms with Gasteiger partial charge in [0.25, 0.3) is 0 Å². The van der Waals surface area contributed by atoms with E-state index in [2.05, 4.69) is 90.3 Å². The summed E-state index contributed by atoms with van der Waals surface area (Å²) in [6.45, 7) is 0. The van der Waals surface area contributed by atoms with Gasteiger partial charge in [0, 0.05) is 23.9 Å². The molecular weight excluding hydrogens is 354 g/mol. The smallest absolute Gasteiger partial charge is 0.199 e. The molecule has 2 aliphatic rings. The molecule has 4 aromatic rings. The van der Waals surface area contributed by atoms with Gasteiger partial charge in [-0.05, 0) is 44.8 Å². The number of nitrogens with zero attached hydrogens (tertiary/aromatic N) is 1. The number of nitrogens with one attached hydrogen (secondary N) is 2. The molecule has 0 amide bonds. The van der Waals surface area contributed by atoms with E-state index in [4.69, 9.17) is 5.41 Å². The first-order chi connectivity index (χ1) is 14.2. The van der Waals surface area contributed by atoms with Crippen molar-refractivity contribution in [2.45, 2.75) is 0 Å². The molecule has 138 valence electrons. The zero-order valence-corrected chi connectivity index (χ0v) is 16.0. The van der Waals surface area contributed by atoms with Gasteiger partial charge in [-0.15, -0.1) is 0 Å². The van der Waals surface area contributed by atoms with Crippen LogP contribution in [0.15, 0.2) is 60.7 Å². The minimum atomic E-state index is 0.353. The molecule has 0 bridgehead atoms. The molecule has 0 heterocycles. The number of hydrogen-bond acceptors (Lipinski definition) is 1. The highest BCUT2D eigenvalue weighted by atomic mass is 15.3. The molecule has 0 atom stereocenters. The second kappa shape index (κ2) is 5.82. The summed E-state index contributed by atoms with van der Waals surface area (Å²) in [5, 5.41) is 17.1. The molecule has 0 unspecified atom stereocenters. The van der Waals surface area contributed by atoms with Crippen molar-refractivity contribution in [2.75, 3.05) is 17.3 Å². The van der Waals surface area contributed by atoms with E-state index in [1.807, 2.05) is 11.9 Å². The Morgan fingerprint density at radius 1 is 0.724 bits per heavy atom. The van der Waals surface area contributed by atoms with Gasteiger partial charge < -0.3 is 10.2 Å². The van der Waals surface area contributed by atoms with Crippen molar-refractivity contribution in [3.63, 3.8) is 0 Å². The third-order valence-corrected chi connectivity index (χ3v) is 6.02. The lowest BCUT2D eigenvalue weighted by Crippen LogP contribution is -2.32. The predicted molar refractivity (Wildman–Crippen MR) is 126 cm³/mol. The van der Waals surface area contributed by atoms with Gasteiger partial charge in [-0.25, -0.2) is 0 Å². The summed E-state index contributed by atoms with van der Waals surface area (Å²) in [6.07, 6.45) is 8.59. The minimum Gasteiger partial charge on any atom is -0.326 e. The summed E-state index contributed by atoms with van der Waals surface area (Å²) in [5.41, 5.74) is 6.81. The van der Waals surface area contributed by atoms with Crippen LogP contribution in [-0.4, -0.2) is 13.0 Å². The summed E-state index contributed by atoms with van der Waals surface area (Å²) in [5.74, 6) is 0.353. The molecule has 29 heavy (non-hydrogen) atoms. The van der Waals surface area contributed by atoms with E-state index in [0.717, 1.165) is 16.9 Å². The second-order valence-electron chi connectivity index (χ2n) is 7.62. The highest BCUT2D eigenvalue weighted by Gasteiger charge is 2.19. The fraction of sp³-hybridized carbons (Fsp3) is 0.0385. The van der Waals surface area contributed by atoms with Gasteiger partial charge in [-0.3, -0.25) is 5.41 Å². The third kappa shape index (κ3) is 2.28. The molecule has 3 heteroatoms. The lowest BCUT2D eigenvalue weighted by atomic mass is 10.0. The summed E-state index contributed by atoms with van der Waals surface area (Å²) in [7, 11) is 1.95. The molecule has 3 nitrogen and oxygen atoms in total. The van der Waals surface area contributed by atoms with Crippen molar-refractivity contribution in [3.05, 3.63) is 82.9 Å². The van der Waals surface area contributed by atoms with Crippen molar-refractivity contribution >= 4 is 63.2 Å². The summed E-state index contributed by atoms with van der Waals surface area (Å²) >= 11 is 0. The standard InChI is InChI=1S/C26H19N3/c1-29(23-15-11-19-7-3-5-17-9-13-21(23)25(17)19)26(27)28-22-14-10-18-6-2-4-16-8-12-20(22)24(16)18/h2-15H,1H3,(H2,27,28). The van der Waals surface area contributed by atoms with Crippen LogP contribution in [0.2, 0.25) is 0 Å². The molecule has 0 saturated heterocycles. The maximum Gasteiger partial charge on any atom is 0.199 e. The van der Waals surface area contributed by atoms with Crippen LogP contribution in [0.4, 0.5) is 11.4 Å². The Kier molecular flexibility index (Phi) is 3.24. The zero-order valence-electron chi connectivity index (χ0n) is 16.0. The number of benzene rings is 4. The minimum absolute atomic E-state index is 0.353. The van der Waals surface area contributed by atoms with Crippen LogP contribution in [0.3, 0.4) is 0 Å². The van der Waals surface area contributed by atoms with Crippen LogP contribution in [-0.2, 0) is 0 Å². The van der Waals surface area contributed by atoms with Crippen LogP contribution in [0.1, 0.15) is 22.3 Å². The van der Waals surface area contributed by atoms with E-state index in [1.165, 1.54) is 38.2 Å². The molecule has 2 N–H and O–H groups in total. The van der Waals surface area contributed by atoms with Gasteiger partial charge in [0.1, 0.15) is 0 Å². The van der Waals surface area contributed by atoms with Gasteiger partial charge in [0.15, 0.2) is 5.96 Å². The van der Waals surface area contributed by atoms with Gasteiger partial charge in [-0.2, -0.15) is 0 Å². The maximum absolute atomic E-state index is 8.73. The molecule has 0 spiro atoms. The van der Waals surface area contributed by atoms with E-state index >= 15 is 0 Å². The van der Waals surface area contributed by atoms with Crippen molar-refractivity contribution in [3.8, 4) is 0 Å². The molecule has 0 fully saturated rings. The number of anilines is 2. The fourth-order valence-electron chi connectivity index (χ4n) is 4.56. The zero-order chi connectivity index (χ0) is 19.5. The summed E-state index contributed by atoms with van der Waals surface area (Å²) in [4.78, 5) is 1.92. The Morgan fingerprint density at radius 2 is 1.34 bits per heavy atom. The van der Waals surface area contributed by atoms with Crippen LogP contribution >= 0.6 is 0 Å². The second-order valence-corrected chi connectivity index (χ2v) is 7.62. The Morgan fingerprint density at radius 3 is 2.07 bits per heavy atom. The van der Waals surface area contributed by atoms with Gasteiger partial charge in [0.05, 0.1) is 5.69 Å². The summed E-state index contributed by atoms with van der Waals surface area (Å²) in [6, 6.07) is 21.2. The van der Waals surface area contributed by atoms with Crippen molar-refractivity contribution in [1.82, 2.24) is 0 Å². The van der Waals surface area contributed by atoms with Gasteiger partial charge in [0.2, 0.25) is 0 Å². The lowest BCUT2D eigenvalue weighted by molar-refractivity contribution is 1.21. The molecule has 6 rings (SSSR count). The predicted octanol–water partition coefficient (Wildman–Crippen LogP) is 6.44. The normalized spacial score (nSPS) is 12.9. The average molecular weight is 373 g/mol. The Bertz CT molecular complexity index is 1410. The van der Waals surface area contributed by atoms with E-state index in [-0.39, 0.29) is 0 Å². The van der Waals surface area contributed by atoms with E-state index in [9.17, 15) is 0 Å². The molecular formula is C26H19N3. The lowest BCUT2D eigenvalue weighted by Gasteiger charge is -2.24. The van der Waals surface area contributed by atoms with E-state index in [0.29, 0.717) is 5.96 Å². The maximum atomic E-state index is 8.73. The third-order valence-electron chi connectivity index (χ3n) is 6.02. The van der Waals surface area contributed by atoms with Gasteiger partial charge in [-0.1, -0.05) is 72.8 Å². The number of hydrogen-bond donors (Lipinski definition) is 2. The van der Waals surface area contributed by atoms with Crippen molar-refractivity contribution in [2.24, 2.45) is 0 Å². The first-order valence-corrected chi connectivity index (χ1v) is 9.78.